The molecule has 22 heavy (non-hydrogen) atoms. The van der Waals surface area contributed by atoms with Gasteiger partial charge in [-0.15, -0.1) is 17.0 Å². The summed E-state index contributed by atoms with van der Waals surface area (Å²) in [4.78, 5) is 2.55. The van der Waals surface area contributed by atoms with E-state index >= 15 is 0 Å². The fourth-order valence-electron chi connectivity index (χ4n) is 3.90. The van der Waals surface area contributed by atoms with E-state index in [1.54, 1.807) is 12.1 Å². The summed E-state index contributed by atoms with van der Waals surface area (Å²) in [6.45, 7) is 2.14. The molecule has 2 atom stereocenters. The van der Waals surface area contributed by atoms with Gasteiger partial charge in [-0.3, -0.25) is 4.90 Å². The predicted molar refractivity (Wildman–Crippen MR) is 91.9 cm³/mol. The highest BCUT2D eigenvalue weighted by Crippen LogP contribution is 2.44. The van der Waals surface area contributed by atoms with Crippen LogP contribution in [0, 0.1) is 0 Å². The highest BCUT2D eigenvalue weighted by Gasteiger charge is 2.36. The normalized spacial score (nSPS) is 23.5. The summed E-state index contributed by atoms with van der Waals surface area (Å²) in [5.41, 5.74) is 3.87. The molecule has 2 aromatic carbocycles. The Hall–Kier alpha value is -1.52. The summed E-state index contributed by atoms with van der Waals surface area (Å²) in [5, 5.41) is 19.3. The van der Waals surface area contributed by atoms with Crippen LogP contribution in [-0.4, -0.2) is 28.2 Å². The van der Waals surface area contributed by atoms with Crippen molar-refractivity contribution in [3.63, 3.8) is 0 Å². The summed E-state index contributed by atoms with van der Waals surface area (Å²) in [6, 6.07) is 14.4. The van der Waals surface area contributed by atoms with E-state index in [-0.39, 0.29) is 34.4 Å². The van der Waals surface area contributed by atoms with Gasteiger partial charge in [-0.1, -0.05) is 30.3 Å². The van der Waals surface area contributed by atoms with Crippen LogP contribution >= 0.6 is 17.0 Å². The highest BCUT2D eigenvalue weighted by molar-refractivity contribution is 8.93. The number of hydrogen-bond acceptors (Lipinski definition) is 3. The van der Waals surface area contributed by atoms with Crippen molar-refractivity contribution < 1.29 is 10.2 Å². The van der Waals surface area contributed by atoms with Gasteiger partial charge in [0.15, 0.2) is 11.5 Å². The lowest BCUT2D eigenvalue weighted by atomic mass is 9.81. The number of halogens is 1. The van der Waals surface area contributed by atoms with Gasteiger partial charge in [-0.25, -0.2) is 0 Å². The van der Waals surface area contributed by atoms with Crippen molar-refractivity contribution in [3.8, 4) is 11.5 Å². The minimum atomic E-state index is -0.0538. The molecule has 2 aliphatic rings. The Morgan fingerprint density at radius 3 is 2.50 bits per heavy atom. The fraction of sp³-hybridized carbons (Fsp3) is 0.333. The molecule has 4 rings (SSSR count). The number of rotatable bonds is 1. The number of hydrogen-bond donors (Lipinski definition) is 2. The molecule has 0 aliphatic carbocycles. The number of aromatic hydroxyl groups is 2. The third kappa shape index (κ3) is 2.40. The first-order valence-corrected chi connectivity index (χ1v) is 7.59. The summed E-state index contributed by atoms with van der Waals surface area (Å²) < 4.78 is 0. The van der Waals surface area contributed by atoms with Crippen molar-refractivity contribution in [2.24, 2.45) is 0 Å². The average molecular weight is 362 g/mol. The maximum absolute atomic E-state index is 9.80. The van der Waals surface area contributed by atoms with Gasteiger partial charge in [0.1, 0.15) is 0 Å². The second kappa shape index (κ2) is 5.94. The largest absolute Gasteiger partial charge is 0.504 e. The summed E-state index contributed by atoms with van der Waals surface area (Å²) in [6.07, 6.45) is 2.50. The zero-order valence-electron chi connectivity index (χ0n) is 12.3. The van der Waals surface area contributed by atoms with Crippen LogP contribution in [0.1, 0.15) is 41.5 Å². The van der Waals surface area contributed by atoms with E-state index < -0.39 is 0 Å². The van der Waals surface area contributed by atoms with Gasteiger partial charge in [-0.05, 0) is 48.2 Å². The second-order valence-electron chi connectivity index (χ2n) is 6.08. The lowest BCUT2D eigenvalue weighted by molar-refractivity contribution is 0.230. The van der Waals surface area contributed by atoms with Gasteiger partial charge in [0.05, 0.1) is 0 Å². The topological polar surface area (TPSA) is 43.7 Å². The Morgan fingerprint density at radius 2 is 1.73 bits per heavy atom. The van der Waals surface area contributed by atoms with Crippen LogP contribution in [0.15, 0.2) is 42.5 Å². The predicted octanol–water partition coefficient (Wildman–Crippen LogP) is 3.96. The Morgan fingerprint density at radius 1 is 0.955 bits per heavy atom. The van der Waals surface area contributed by atoms with Gasteiger partial charge in [0.2, 0.25) is 0 Å². The van der Waals surface area contributed by atoms with Crippen molar-refractivity contribution in [1.29, 1.82) is 0 Å². The molecule has 3 nitrogen and oxygen atoms in total. The third-order valence-electron chi connectivity index (χ3n) is 4.91. The van der Waals surface area contributed by atoms with Gasteiger partial charge in [0, 0.05) is 18.5 Å². The summed E-state index contributed by atoms with van der Waals surface area (Å²) >= 11 is 0. The van der Waals surface area contributed by atoms with Crippen LogP contribution < -0.4 is 0 Å². The smallest absolute Gasteiger partial charge is 0.157 e. The van der Waals surface area contributed by atoms with Crippen LogP contribution in [0.4, 0.5) is 0 Å². The first-order valence-electron chi connectivity index (χ1n) is 7.59. The molecule has 2 aliphatic heterocycles. The van der Waals surface area contributed by atoms with Crippen LogP contribution in [0.5, 0.6) is 11.5 Å². The average Bonchev–Trinajstić information content (AvgIpc) is 2.98. The van der Waals surface area contributed by atoms with Crippen molar-refractivity contribution in [1.82, 2.24) is 4.90 Å². The van der Waals surface area contributed by atoms with Gasteiger partial charge >= 0.3 is 0 Å². The minimum absolute atomic E-state index is 0. The van der Waals surface area contributed by atoms with E-state index in [0.29, 0.717) is 6.04 Å². The van der Waals surface area contributed by atoms with Crippen molar-refractivity contribution in [3.05, 3.63) is 59.2 Å². The number of nitrogens with zero attached hydrogens (tertiary/aromatic N) is 1. The molecule has 0 saturated carbocycles. The van der Waals surface area contributed by atoms with Crippen molar-refractivity contribution in [2.75, 3.05) is 13.1 Å². The van der Waals surface area contributed by atoms with Gasteiger partial charge in [0.25, 0.3) is 0 Å². The molecule has 2 heterocycles. The number of benzene rings is 2. The molecule has 2 aromatic rings. The van der Waals surface area contributed by atoms with Crippen molar-refractivity contribution in [2.45, 2.75) is 24.8 Å². The van der Waals surface area contributed by atoms with Gasteiger partial charge < -0.3 is 10.2 Å². The molecule has 0 bridgehead atoms. The quantitative estimate of drug-likeness (QED) is 0.755. The SMILES string of the molecule is Br.Oc1ccc([C@@H]2CN3CCC[C@@H]3c3ccccc32)cc1O. The molecule has 0 unspecified atom stereocenters. The van der Waals surface area contributed by atoms with E-state index in [1.165, 1.54) is 24.0 Å². The fourth-order valence-corrected chi connectivity index (χ4v) is 3.90. The zero-order chi connectivity index (χ0) is 14.4. The van der Waals surface area contributed by atoms with E-state index in [1.807, 2.05) is 6.07 Å². The molecule has 0 radical (unpaired) electrons. The molecule has 2 N–H and O–H groups in total. The summed E-state index contributed by atoms with van der Waals surface area (Å²) in [5.74, 6) is 0.178. The Balaban J connectivity index is 0.00000144. The van der Waals surface area contributed by atoms with E-state index in [0.717, 1.165) is 18.7 Å². The Labute approximate surface area is 141 Å². The van der Waals surface area contributed by atoms with Crippen LogP contribution in [-0.2, 0) is 0 Å². The minimum Gasteiger partial charge on any atom is -0.504 e. The van der Waals surface area contributed by atoms with Crippen LogP contribution in [0.25, 0.3) is 0 Å². The molecule has 0 amide bonds. The number of fused-ring (bicyclic) bond motifs is 3. The van der Waals surface area contributed by atoms with Gasteiger partial charge in [-0.2, -0.15) is 0 Å². The lowest BCUT2D eigenvalue weighted by Gasteiger charge is -2.37. The monoisotopic (exact) mass is 361 g/mol. The molecule has 1 fully saturated rings. The first kappa shape index (κ1) is 15.4. The maximum atomic E-state index is 9.80. The van der Waals surface area contributed by atoms with E-state index in [4.69, 9.17) is 0 Å². The lowest BCUT2D eigenvalue weighted by Crippen LogP contribution is -2.34. The maximum Gasteiger partial charge on any atom is 0.157 e. The Kier molecular flexibility index (Phi) is 4.15. The molecule has 0 aromatic heterocycles. The third-order valence-corrected chi connectivity index (χ3v) is 4.91. The number of phenolic OH excluding ortho intramolecular Hbond substituents is 2. The summed E-state index contributed by atoms with van der Waals surface area (Å²) in [7, 11) is 0. The van der Waals surface area contributed by atoms with Crippen LogP contribution in [0.3, 0.4) is 0 Å². The van der Waals surface area contributed by atoms with Crippen molar-refractivity contribution >= 4 is 17.0 Å². The van der Waals surface area contributed by atoms with E-state index in [2.05, 4.69) is 29.2 Å². The molecule has 1 saturated heterocycles. The molecule has 0 spiro atoms. The number of phenols is 2. The molecular formula is C18H20BrNO2. The Bertz CT molecular complexity index is 689. The standard InChI is InChI=1S/C18H19NO2.BrH/c20-17-8-7-12(10-18(17)21)15-11-19-9-3-6-16(19)14-5-2-1-4-13(14)15;/h1-2,4-5,7-8,10,15-16,20-21H,3,6,9,11H2;1H/t15-,16+;/m0./s1. The first-order chi connectivity index (χ1) is 10.2. The van der Waals surface area contributed by atoms with E-state index in [9.17, 15) is 10.2 Å². The second-order valence-corrected chi connectivity index (χ2v) is 6.08. The highest BCUT2D eigenvalue weighted by atomic mass is 79.9. The molecule has 4 heteroatoms. The molecule has 116 valence electrons. The zero-order valence-corrected chi connectivity index (χ0v) is 14.0. The molecular weight excluding hydrogens is 342 g/mol. The van der Waals surface area contributed by atoms with Crippen LogP contribution in [0.2, 0.25) is 0 Å².